The third kappa shape index (κ3) is 6.36. The number of ether oxygens (including phenoxy) is 2. The summed E-state index contributed by atoms with van der Waals surface area (Å²) in [7, 11) is 0. The van der Waals surface area contributed by atoms with Crippen LogP contribution in [-0.4, -0.2) is 44.4 Å². The minimum Gasteiger partial charge on any atom is -0.379 e. The summed E-state index contributed by atoms with van der Waals surface area (Å²) in [4.78, 5) is 11.7. The first-order valence-corrected chi connectivity index (χ1v) is 7.37. The number of nitrogens with one attached hydrogen (secondary N) is 1. The Hall–Kier alpha value is -0.650. The summed E-state index contributed by atoms with van der Waals surface area (Å²) in [6.07, 6.45) is 4.23. The monoisotopic (exact) mass is 272 g/mol. The predicted octanol–water partition coefficient (Wildman–Crippen LogP) is 1.06. The van der Waals surface area contributed by atoms with Gasteiger partial charge in [0.05, 0.1) is 18.8 Å². The van der Waals surface area contributed by atoms with E-state index in [-0.39, 0.29) is 17.9 Å². The molecule has 0 radical (unpaired) electrons. The van der Waals surface area contributed by atoms with Gasteiger partial charge in [0.1, 0.15) is 0 Å². The highest BCUT2D eigenvalue weighted by Crippen LogP contribution is 2.11. The van der Waals surface area contributed by atoms with Crippen molar-refractivity contribution in [3.8, 4) is 0 Å². The molecule has 3 atom stereocenters. The average Bonchev–Trinajstić information content (AvgIpc) is 2.93. The Kier molecular flexibility index (Phi) is 8.02. The van der Waals surface area contributed by atoms with E-state index in [4.69, 9.17) is 15.2 Å². The van der Waals surface area contributed by atoms with Crippen molar-refractivity contribution in [3.05, 3.63) is 0 Å². The standard InChI is InChI=1S/C14H28N2O3/c1-3-11(2)13(15)14(17)16-7-5-8-18-10-12-6-4-9-19-12/h11-13H,3-10,15H2,1-2H3,(H,16,17). The molecule has 5 nitrogen and oxygen atoms in total. The van der Waals surface area contributed by atoms with E-state index < -0.39 is 6.04 Å². The molecule has 19 heavy (non-hydrogen) atoms. The molecule has 0 saturated carbocycles. The van der Waals surface area contributed by atoms with Gasteiger partial charge in [0.2, 0.25) is 5.91 Å². The van der Waals surface area contributed by atoms with Crippen LogP contribution in [0.5, 0.6) is 0 Å². The molecule has 1 aliphatic rings. The molecule has 0 aromatic carbocycles. The van der Waals surface area contributed by atoms with Gasteiger partial charge in [-0.1, -0.05) is 20.3 Å². The molecule has 112 valence electrons. The zero-order chi connectivity index (χ0) is 14.1. The molecule has 1 fully saturated rings. The van der Waals surface area contributed by atoms with Gasteiger partial charge in [0.15, 0.2) is 0 Å². The summed E-state index contributed by atoms with van der Waals surface area (Å²) in [6, 6.07) is -0.405. The van der Waals surface area contributed by atoms with Gasteiger partial charge >= 0.3 is 0 Å². The summed E-state index contributed by atoms with van der Waals surface area (Å²) < 4.78 is 11.0. The smallest absolute Gasteiger partial charge is 0.237 e. The van der Waals surface area contributed by atoms with Crippen molar-refractivity contribution in [2.24, 2.45) is 11.7 Å². The van der Waals surface area contributed by atoms with Crippen molar-refractivity contribution >= 4 is 5.91 Å². The van der Waals surface area contributed by atoms with Gasteiger partial charge in [-0.3, -0.25) is 4.79 Å². The van der Waals surface area contributed by atoms with Gasteiger partial charge in [-0.2, -0.15) is 0 Å². The van der Waals surface area contributed by atoms with E-state index >= 15 is 0 Å². The molecule has 1 rings (SSSR count). The molecular weight excluding hydrogens is 244 g/mol. The van der Waals surface area contributed by atoms with Gasteiger partial charge < -0.3 is 20.5 Å². The SMILES string of the molecule is CCC(C)C(N)C(=O)NCCCOCC1CCCO1. The van der Waals surface area contributed by atoms with Crippen molar-refractivity contribution < 1.29 is 14.3 Å². The summed E-state index contributed by atoms with van der Waals surface area (Å²) in [5.74, 6) is 0.157. The third-order valence-electron chi connectivity index (χ3n) is 3.65. The van der Waals surface area contributed by atoms with Crippen LogP contribution in [0, 0.1) is 5.92 Å². The predicted molar refractivity (Wildman–Crippen MR) is 74.9 cm³/mol. The fraction of sp³-hybridized carbons (Fsp3) is 0.929. The van der Waals surface area contributed by atoms with Gasteiger partial charge in [-0.25, -0.2) is 0 Å². The van der Waals surface area contributed by atoms with E-state index in [0.29, 0.717) is 19.8 Å². The Balaban J connectivity index is 1.96. The molecule has 0 spiro atoms. The van der Waals surface area contributed by atoms with Crippen LogP contribution in [0.2, 0.25) is 0 Å². The number of rotatable bonds is 9. The second-order valence-electron chi connectivity index (χ2n) is 5.27. The lowest BCUT2D eigenvalue weighted by Gasteiger charge is -2.17. The lowest BCUT2D eigenvalue weighted by molar-refractivity contribution is -0.123. The molecule has 5 heteroatoms. The van der Waals surface area contributed by atoms with Crippen LogP contribution in [-0.2, 0) is 14.3 Å². The normalized spacial score (nSPS) is 22.2. The van der Waals surface area contributed by atoms with E-state index in [0.717, 1.165) is 32.3 Å². The average molecular weight is 272 g/mol. The minimum absolute atomic E-state index is 0.0616. The van der Waals surface area contributed by atoms with Gasteiger partial charge in [0, 0.05) is 19.8 Å². The number of carbonyl (C=O) groups is 1. The van der Waals surface area contributed by atoms with Crippen LogP contribution in [0.3, 0.4) is 0 Å². The van der Waals surface area contributed by atoms with Crippen molar-refractivity contribution in [3.63, 3.8) is 0 Å². The number of hydrogen-bond donors (Lipinski definition) is 2. The molecule has 0 aliphatic carbocycles. The van der Waals surface area contributed by atoms with Crippen molar-refractivity contribution in [2.45, 2.75) is 51.7 Å². The Morgan fingerprint density at radius 1 is 1.58 bits per heavy atom. The summed E-state index contributed by atoms with van der Waals surface area (Å²) in [5, 5.41) is 2.85. The Morgan fingerprint density at radius 2 is 2.37 bits per heavy atom. The molecule has 3 N–H and O–H groups in total. The zero-order valence-electron chi connectivity index (χ0n) is 12.2. The van der Waals surface area contributed by atoms with Crippen molar-refractivity contribution in [2.75, 3.05) is 26.4 Å². The highest BCUT2D eigenvalue weighted by molar-refractivity contribution is 5.81. The molecular formula is C14H28N2O3. The van der Waals surface area contributed by atoms with Gasteiger partial charge in [0.25, 0.3) is 0 Å². The quantitative estimate of drug-likeness (QED) is 0.616. The second-order valence-corrected chi connectivity index (χ2v) is 5.27. The maximum Gasteiger partial charge on any atom is 0.237 e. The fourth-order valence-corrected chi connectivity index (χ4v) is 2.01. The molecule has 1 heterocycles. The largest absolute Gasteiger partial charge is 0.379 e. The van der Waals surface area contributed by atoms with E-state index in [1.165, 1.54) is 0 Å². The first-order valence-electron chi connectivity index (χ1n) is 7.37. The minimum atomic E-state index is -0.405. The van der Waals surface area contributed by atoms with Crippen molar-refractivity contribution in [1.82, 2.24) is 5.32 Å². The summed E-state index contributed by atoms with van der Waals surface area (Å²) in [5.41, 5.74) is 5.84. The number of hydrogen-bond acceptors (Lipinski definition) is 4. The van der Waals surface area contributed by atoms with Crippen LogP contribution < -0.4 is 11.1 Å². The maximum absolute atomic E-state index is 11.7. The Labute approximate surface area is 116 Å². The van der Waals surface area contributed by atoms with Gasteiger partial charge in [-0.15, -0.1) is 0 Å². The molecule has 0 aromatic rings. The number of carbonyl (C=O) groups excluding carboxylic acids is 1. The number of nitrogens with two attached hydrogens (primary N) is 1. The zero-order valence-corrected chi connectivity index (χ0v) is 12.2. The third-order valence-corrected chi connectivity index (χ3v) is 3.65. The van der Waals surface area contributed by atoms with Crippen LogP contribution in [0.25, 0.3) is 0 Å². The molecule has 0 aromatic heterocycles. The Morgan fingerprint density at radius 3 is 3.00 bits per heavy atom. The lowest BCUT2D eigenvalue weighted by atomic mass is 9.99. The van der Waals surface area contributed by atoms with Crippen LogP contribution in [0.4, 0.5) is 0 Å². The topological polar surface area (TPSA) is 73.6 Å². The van der Waals surface area contributed by atoms with E-state index in [1.807, 2.05) is 13.8 Å². The number of amides is 1. The van der Waals surface area contributed by atoms with Crippen LogP contribution >= 0.6 is 0 Å². The summed E-state index contributed by atoms with van der Waals surface area (Å²) >= 11 is 0. The molecule has 1 amide bonds. The Bertz CT molecular complexity index is 255. The maximum atomic E-state index is 11.7. The van der Waals surface area contributed by atoms with Crippen LogP contribution in [0.15, 0.2) is 0 Å². The molecule has 3 unspecified atom stereocenters. The summed E-state index contributed by atoms with van der Waals surface area (Å²) in [6.45, 7) is 6.83. The lowest BCUT2D eigenvalue weighted by Crippen LogP contribution is -2.45. The highest BCUT2D eigenvalue weighted by atomic mass is 16.5. The molecule has 1 saturated heterocycles. The second kappa shape index (κ2) is 9.28. The highest BCUT2D eigenvalue weighted by Gasteiger charge is 2.18. The fourth-order valence-electron chi connectivity index (χ4n) is 2.01. The van der Waals surface area contributed by atoms with Gasteiger partial charge in [-0.05, 0) is 25.2 Å². The molecule has 0 bridgehead atoms. The van der Waals surface area contributed by atoms with Crippen LogP contribution in [0.1, 0.15) is 39.5 Å². The molecule has 1 aliphatic heterocycles. The van der Waals surface area contributed by atoms with Crippen molar-refractivity contribution in [1.29, 1.82) is 0 Å². The first kappa shape index (κ1) is 16.4. The van der Waals surface area contributed by atoms with E-state index in [1.54, 1.807) is 0 Å². The van der Waals surface area contributed by atoms with E-state index in [9.17, 15) is 4.79 Å². The first-order chi connectivity index (χ1) is 9.15. The van der Waals surface area contributed by atoms with E-state index in [2.05, 4.69) is 5.32 Å².